The number of aliphatic hydroxyl groups excluding tert-OH is 1. The average molecular weight is 522 g/mol. The van der Waals surface area contributed by atoms with Crippen molar-refractivity contribution in [1.82, 2.24) is 14.8 Å². The van der Waals surface area contributed by atoms with Gasteiger partial charge in [-0.05, 0) is 30.2 Å². The summed E-state index contributed by atoms with van der Waals surface area (Å²) in [5.41, 5.74) is 4.47. The quantitative estimate of drug-likeness (QED) is 0.374. The fraction of sp³-hybridized carbons (Fsp3) is 0.300. The van der Waals surface area contributed by atoms with Gasteiger partial charge in [0.25, 0.3) is 0 Å². The molecule has 4 aromatic rings. The smallest absolute Gasteiger partial charge is 0.130 e. The highest BCUT2D eigenvalue weighted by molar-refractivity contribution is 5.85. The fourth-order valence-corrected chi connectivity index (χ4v) is 5.01. The highest BCUT2D eigenvalue weighted by Crippen LogP contribution is 2.29. The Morgan fingerprint density at radius 2 is 1.41 bits per heavy atom. The molecule has 6 nitrogen and oxygen atoms in total. The van der Waals surface area contributed by atoms with Crippen LogP contribution in [-0.2, 0) is 0 Å². The number of ether oxygens (including phenoxy) is 1. The van der Waals surface area contributed by atoms with E-state index in [-0.39, 0.29) is 30.5 Å². The van der Waals surface area contributed by atoms with Crippen molar-refractivity contribution in [3.63, 3.8) is 0 Å². The maximum absolute atomic E-state index is 10.7. The molecule has 2 heterocycles. The third-order valence-electron chi connectivity index (χ3n) is 6.71. The summed E-state index contributed by atoms with van der Waals surface area (Å²) in [5, 5.41) is 11.7. The van der Waals surface area contributed by atoms with E-state index in [1.165, 1.54) is 11.1 Å². The minimum atomic E-state index is -0.548. The van der Waals surface area contributed by atoms with Gasteiger partial charge >= 0.3 is 0 Å². The highest BCUT2D eigenvalue weighted by atomic mass is 35.5. The van der Waals surface area contributed by atoms with E-state index in [4.69, 9.17) is 4.74 Å². The van der Waals surface area contributed by atoms with E-state index in [9.17, 15) is 5.11 Å². The summed E-state index contributed by atoms with van der Waals surface area (Å²) in [6.45, 7) is 6.59. The lowest BCUT2D eigenvalue weighted by Crippen LogP contribution is -2.50. The van der Waals surface area contributed by atoms with Crippen molar-refractivity contribution in [2.75, 3.05) is 39.3 Å². The number of fused-ring (bicyclic) bond motifs is 1. The molecule has 1 aliphatic rings. The molecule has 1 saturated heterocycles. The Hall–Kier alpha value is -3.00. The predicted octanol–water partition coefficient (Wildman–Crippen LogP) is 4.29. The van der Waals surface area contributed by atoms with Crippen LogP contribution in [0.2, 0.25) is 0 Å². The Morgan fingerprint density at radius 1 is 0.838 bits per heavy atom. The van der Waals surface area contributed by atoms with E-state index in [0.29, 0.717) is 6.54 Å². The van der Waals surface area contributed by atoms with Gasteiger partial charge in [-0.1, -0.05) is 72.8 Å². The molecule has 1 aromatic heterocycles. The van der Waals surface area contributed by atoms with Gasteiger partial charge in [0.1, 0.15) is 18.5 Å². The van der Waals surface area contributed by atoms with Crippen LogP contribution in [0.3, 0.4) is 0 Å². The van der Waals surface area contributed by atoms with Gasteiger partial charge in [0.05, 0.1) is 11.6 Å². The highest BCUT2D eigenvalue weighted by Gasteiger charge is 2.27. The molecule has 5 rings (SSSR count). The Kier molecular flexibility index (Phi) is 10.4. The minimum Gasteiger partial charge on any atom is -0.490 e. The van der Waals surface area contributed by atoms with E-state index in [0.717, 1.165) is 48.5 Å². The number of nitrogens with zero attached hydrogens (tertiary/aromatic N) is 3. The molecular formula is C30H36ClN3O3. The van der Waals surface area contributed by atoms with Crippen molar-refractivity contribution in [2.45, 2.75) is 19.1 Å². The molecule has 37 heavy (non-hydrogen) atoms. The summed E-state index contributed by atoms with van der Waals surface area (Å²) in [6.07, 6.45) is -0.548. The van der Waals surface area contributed by atoms with Gasteiger partial charge in [0.15, 0.2) is 0 Å². The number of aliphatic hydroxyl groups is 1. The summed E-state index contributed by atoms with van der Waals surface area (Å²) >= 11 is 0. The molecule has 1 aliphatic heterocycles. The largest absolute Gasteiger partial charge is 0.490 e. The van der Waals surface area contributed by atoms with Crippen molar-refractivity contribution < 1.29 is 15.3 Å². The summed E-state index contributed by atoms with van der Waals surface area (Å²) < 4.78 is 6.05. The molecule has 0 bridgehead atoms. The summed E-state index contributed by atoms with van der Waals surface area (Å²) in [6, 6.07) is 31.6. The third-order valence-corrected chi connectivity index (χ3v) is 6.71. The summed E-state index contributed by atoms with van der Waals surface area (Å²) in [5.74, 6) is 0.783. The van der Waals surface area contributed by atoms with Gasteiger partial charge in [-0.25, -0.2) is 0 Å². The molecule has 0 aliphatic carbocycles. The van der Waals surface area contributed by atoms with Crippen LogP contribution in [0, 0.1) is 6.92 Å². The molecule has 7 heteroatoms. The van der Waals surface area contributed by atoms with Gasteiger partial charge in [-0.3, -0.25) is 14.8 Å². The second-order valence-corrected chi connectivity index (χ2v) is 9.30. The van der Waals surface area contributed by atoms with E-state index in [2.05, 4.69) is 75.4 Å². The first kappa shape index (κ1) is 28.6. The van der Waals surface area contributed by atoms with Crippen LogP contribution < -0.4 is 4.74 Å². The van der Waals surface area contributed by atoms with Gasteiger partial charge in [0.2, 0.25) is 0 Å². The Balaban J connectivity index is 0.00000190. The third kappa shape index (κ3) is 7.06. The number of aryl methyl sites for hydroxylation is 1. The van der Waals surface area contributed by atoms with Crippen molar-refractivity contribution in [1.29, 1.82) is 0 Å². The molecular weight excluding hydrogens is 486 g/mol. The SMILES string of the molecule is Cc1cc(OCC(O)CN2CCN(C(c3ccccc3)c3ccccc3)CC2)c2ccccc2n1.Cl.O. The topological polar surface area (TPSA) is 80.3 Å². The van der Waals surface area contributed by atoms with Gasteiger partial charge in [0, 0.05) is 49.9 Å². The molecule has 3 N–H and O–H groups in total. The van der Waals surface area contributed by atoms with Crippen molar-refractivity contribution >= 4 is 23.3 Å². The Bertz CT molecular complexity index is 1200. The minimum absolute atomic E-state index is 0. The Labute approximate surface area is 225 Å². The first-order chi connectivity index (χ1) is 17.2. The number of halogens is 1. The van der Waals surface area contributed by atoms with Crippen LogP contribution >= 0.6 is 12.4 Å². The lowest BCUT2D eigenvalue weighted by atomic mass is 9.96. The number of rotatable bonds is 8. The second-order valence-electron chi connectivity index (χ2n) is 9.30. The summed E-state index contributed by atoms with van der Waals surface area (Å²) in [7, 11) is 0. The zero-order chi connectivity index (χ0) is 24.0. The maximum atomic E-state index is 10.7. The molecule has 196 valence electrons. The lowest BCUT2D eigenvalue weighted by molar-refractivity contribution is 0.0404. The first-order valence-electron chi connectivity index (χ1n) is 12.4. The molecule has 1 unspecified atom stereocenters. The molecule has 0 saturated carbocycles. The van der Waals surface area contributed by atoms with E-state index >= 15 is 0 Å². The maximum Gasteiger partial charge on any atom is 0.130 e. The van der Waals surface area contributed by atoms with Gasteiger partial charge < -0.3 is 15.3 Å². The fourth-order valence-electron chi connectivity index (χ4n) is 5.01. The average Bonchev–Trinajstić information content (AvgIpc) is 2.90. The van der Waals surface area contributed by atoms with Crippen LogP contribution in [0.15, 0.2) is 91.0 Å². The number of hydrogen-bond donors (Lipinski definition) is 1. The number of benzene rings is 3. The van der Waals surface area contributed by atoms with Crippen LogP contribution in [-0.4, -0.2) is 70.8 Å². The molecule has 0 amide bonds. The Morgan fingerprint density at radius 3 is 2.03 bits per heavy atom. The van der Waals surface area contributed by atoms with Crippen molar-refractivity contribution in [3.8, 4) is 5.75 Å². The van der Waals surface area contributed by atoms with Gasteiger partial charge in [-0.2, -0.15) is 0 Å². The van der Waals surface area contributed by atoms with Crippen molar-refractivity contribution in [2.24, 2.45) is 0 Å². The lowest BCUT2D eigenvalue weighted by Gasteiger charge is -2.40. The number of piperazine rings is 1. The first-order valence-corrected chi connectivity index (χ1v) is 12.4. The van der Waals surface area contributed by atoms with Crippen LogP contribution in [0.1, 0.15) is 22.9 Å². The number of aromatic nitrogens is 1. The molecule has 1 fully saturated rings. The van der Waals surface area contributed by atoms with E-state index in [1.807, 2.05) is 37.3 Å². The number of para-hydroxylation sites is 1. The van der Waals surface area contributed by atoms with Crippen LogP contribution in [0.4, 0.5) is 0 Å². The summed E-state index contributed by atoms with van der Waals surface area (Å²) in [4.78, 5) is 9.46. The van der Waals surface area contributed by atoms with E-state index < -0.39 is 6.10 Å². The molecule has 0 radical (unpaired) electrons. The zero-order valence-corrected chi connectivity index (χ0v) is 22.0. The number of hydrogen-bond acceptors (Lipinski definition) is 5. The van der Waals surface area contributed by atoms with Crippen LogP contribution in [0.25, 0.3) is 10.9 Å². The van der Waals surface area contributed by atoms with E-state index in [1.54, 1.807) is 0 Å². The standard InChI is InChI=1S/C30H33N3O2.ClH.H2O/c1-23-20-29(27-14-8-9-15-28(27)31-23)35-22-26(34)21-32-16-18-33(19-17-32)30(24-10-4-2-5-11-24)25-12-6-3-7-13-25;;/h2-15,20,26,30,34H,16-19,21-22H2,1H3;1H;1H2. The van der Waals surface area contributed by atoms with Gasteiger partial charge in [-0.15, -0.1) is 12.4 Å². The second kappa shape index (κ2) is 13.5. The number of pyridine rings is 1. The molecule has 0 spiro atoms. The number of β-amino-alcohol motifs (C(OH)–C–C–N with tert-alkyl or cyclic N) is 1. The van der Waals surface area contributed by atoms with Crippen molar-refractivity contribution in [3.05, 3.63) is 108 Å². The normalized spacial score (nSPS) is 15.1. The monoisotopic (exact) mass is 521 g/mol. The predicted molar refractivity (Wildman–Crippen MR) is 152 cm³/mol. The molecule has 1 atom stereocenters. The van der Waals surface area contributed by atoms with Crippen LogP contribution in [0.5, 0.6) is 5.75 Å². The molecule has 3 aromatic carbocycles. The zero-order valence-electron chi connectivity index (χ0n) is 21.2.